The number of hydrogen-bond donors (Lipinski definition) is 2. The number of hydrazone groups is 1. The average molecular weight is 364 g/mol. The molecule has 1 aromatic heterocycles. The van der Waals surface area contributed by atoms with Gasteiger partial charge in [0.15, 0.2) is 5.82 Å². The molecule has 4 rings (SSSR count). The Morgan fingerprint density at radius 3 is 3.00 bits per heavy atom. The number of amides is 1. The number of carbonyl (C=O) groups excluding carboxylic acids is 1. The van der Waals surface area contributed by atoms with Crippen LogP contribution in [0, 0.1) is 5.82 Å². The molecule has 3 aliphatic rings. The second kappa shape index (κ2) is 6.04. The molecule has 0 spiro atoms. The molecule has 4 heterocycles. The first-order valence-electron chi connectivity index (χ1n) is 7.99. The number of aromatic nitrogens is 1. The van der Waals surface area contributed by atoms with Gasteiger partial charge in [-0.25, -0.2) is 18.2 Å². The molecule has 0 saturated carbocycles. The minimum Gasteiger partial charge on any atom is -0.365 e. The molecule has 0 radical (unpaired) electrons. The highest BCUT2D eigenvalue weighted by molar-refractivity contribution is 6.04. The van der Waals surface area contributed by atoms with E-state index in [1.807, 2.05) is 0 Å². The standard InChI is InChI=1S/C16H15F3N6O/c17-10-7-20-5-3-11(10)22-15(26)12-8-21-13-1-2-14(23-25(12)13)24-6-4-16(18,19)9-24/h1-3,5,7-8,13,21H,4,6,9H2,(H,20,22,26). The summed E-state index contributed by atoms with van der Waals surface area (Å²) in [5.41, 5.74) is 0.143. The monoisotopic (exact) mass is 364 g/mol. The molecule has 1 saturated heterocycles. The highest BCUT2D eigenvalue weighted by Crippen LogP contribution is 2.29. The van der Waals surface area contributed by atoms with E-state index in [-0.39, 0.29) is 24.4 Å². The van der Waals surface area contributed by atoms with E-state index in [1.165, 1.54) is 28.4 Å². The molecule has 26 heavy (non-hydrogen) atoms. The predicted molar refractivity (Wildman–Crippen MR) is 87.4 cm³/mol. The lowest BCUT2D eigenvalue weighted by molar-refractivity contribution is -0.114. The van der Waals surface area contributed by atoms with Gasteiger partial charge in [0, 0.05) is 25.4 Å². The van der Waals surface area contributed by atoms with E-state index < -0.39 is 30.4 Å². The van der Waals surface area contributed by atoms with Crippen LogP contribution in [-0.4, -0.2) is 51.8 Å². The van der Waals surface area contributed by atoms with Crippen molar-refractivity contribution in [2.24, 2.45) is 5.10 Å². The van der Waals surface area contributed by atoms with Crippen LogP contribution in [0.15, 0.2) is 47.6 Å². The molecule has 2 N–H and O–H groups in total. The molecule has 1 atom stereocenters. The summed E-state index contributed by atoms with van der Waals surface area (Å²) in [6, 6.07) is 1.34. The van der Waals surface area contributed by atoms with Crippen LogP contribution in [0.4, 0.5) is 18.9 Å². The fraction of sp³-hybridized carbons (Fsp3) is 0.312. The fourth-order valence-corrected chi connectivity index (χ4v) is 2.96. The third kappa shape index (κ3) is 2.98. The molecule has 1 amide bonds. The van der Waals surface area contributed by atoms with Crippen molar-refractivity contribution in [1.82, 2.24) is 20.2 Å². The minimum absolute atomic E-state index is 0.00899. The molecule has 0 bridgehead atoms. The summed E-state index contributed by atoms with van der Waals surface area (Å²) in [5.74, 6) is -3.62. The van der Waals surface area contributed by atoms with Crippen molar-refractivity contribution >= 4 is 17.4 Å². The maximum atomic E-state index is 13.7. The Hall–Kier alpha value is -3.04. The number of rotatable bonds is 2. The summed E-state index contributed by atoms with van der Waals surface area (Å²) in [5, 5.41) is 11.1. The lowest BCUT2D eigenvalue weighted by Crippen LogP contribution is -2.41. The summed E-state index contributed by atoms with van der Waals surface area (Å²) in [6.45, 7) is -0.217. The van der Waals surface area contributed by atoms with Gasteiger partial charge in [-0.15, -0.1) is 0 Å². The highest BCUT2D eigenvalue weighted by Gasteiger charge is 2.40. The van der Waals surface area contributed by atoms with Crippen molar-refractivity contribution in [2.75, 3.05) is 18.4 Å². The van der Waals surface area contributed by atoms with E-state index in [0.29, 0.717) is 5.84 Å². The normalized spacial score (nSPS) is 23.3. The number of likely N-dealkylation sites (tertiary alicyclic amines) is 1. The Kier molecular flexibility index (Phi) is 3.82. The summed E-state index contributed by atoms with van der Waals surface area (Å²) in [4.78, 5) is 17.6. The summed E-state index contributed by atoms with van der Waals surface area (Å²) in [6.07, 6.45) is 6.55. The Morgan fingerprint density at radius 2 is 2.27 bits per heavy atom. The molecule has 136 valence electrons. The van der Waals surface area contributed by atoms with Crippen LogP contribution in [0.25, 0.3) is 0 Å². The number of hydrogen-bond acceptors (Lipinski definition) is 6. The van der Waals surface area contributed by atoms with Crippen LogP contribution < -0.4 is 10.6 Å². The third-order valence-corrected chi connectivity index (χ3v) is 4.29. The van der Waals surface area contributed by atoms with Gasteiger partial charge in [-0.3, -0.25) is 9.78 Å². The van der Waals surface area contributed by atoms with Gasteiger partial charge in [0.1, 0.15) is 17.7 Å². The fourth-order valence-electron chi connectivity index (χ4n) is 2.96. The molecule has 0 aliphatic carbocycles. The van der Waals surface area contributed by atoms with Gasteiger partial charge in [-0.2, -0.15) is 5.10 Å². The van der Waals surface area contributed by atoms with Crippen LogP contribution in [0.3, 0.4) is 0 Å². The Balaban J connectivity index is 1.51. The zero-order valence-electron chi connectivity index (χ0n) is 13.5. The summed E-state index contributed by atoms with van der Waals surface area (Å²) < 4.78 is 40.5. The smallest absolute Gasteiger partial charge is 0.275 e. The second-order valence-corrected chi connectivity index (χ2v) is 6.14. The molecular weight excluding hydrogens is 349 g/mol. The molecule has 1 unspecified atom stereocenters. The summed E-state index contributed by atoms with van der Waals surface area (Å²) in [7, 11) is 0. The van der Waals surface area contributed by atoms with E-state index in [1.54, 1.807) is 12.2 Å². The van der Waals surface area contributed by atoms with Gasteiger partial charge >= 0.3 is 0 Å². The van der Waals surface area contributed by atoms with Gasteiger partial charge in [-0.1, -0.05) is 0 Å². The second-order valence-electron chi connectivity index (χ2n) is 6.14. The highest BCUT2D eigenvalue weighted by atomic mass is 19.3. The predicted octanol–water partition coefficient (Wildman–Crippen LogP) is 1.46. The topological polar surface area (TPSA) is 72.9 Å². The number of nitrogens with zero attached hydrogens (tertiary/aromatic N) is 4. The van der Waals surface area contributed by atoms with Crippen LogP contribution >= 0.6 is 0 Å². The van der Waals surface area contributed by atoms with Gasteiger partial charge in [0.05, 0.1) is 18.4 Å². The number of alkyl halides is 2. The number of pyridine rings is 1. The van der Waals surface area contributed by atoms with Crippen molar-refractivity contribution < 1.29 is 18.0 Å². The molecule has 10 heteroatoms. The number of carbonyl (C=O) groups is 1. The maximum absolute atomic E-state index is 13.7. The number of nitrogens with one attached hydrogen (secondary N) is 2. The van der Waals surface area contributed by atoms with E-state index in [9.17, 15) is 18.0 Å². The Labute approximate surface area is 146 Å². The Morgan fingerprint density at radius 1 is 1.42 bits per heavy atom. The summed E-state index contributed by atoms with van der Waals surface area (Å²) >= 11 is 0. The van der Waals surface area contributed by atoms with Crippen LogP contribution in [0.1, 0.15) is 6.42 Å². The number of halogens is 3. The van der Waals surface area contributed by atoms with Crippen molar-refractivity contribution in [3.05, 3.63) is 48.3 Å². The molecular formula is C16H15F3N6O. The Bertz CT molecular complexity index is 837. The zero-order chi connectivity index (χ0) is 18.3. The molecule has 1 aromatic rings. The van der Waals surface area contributed by atoms with E-state index >= 15 is 0 Å². The zero-order valence-corrected chi connectivity index (χ0v) is 13.5. The van der Waals surface area contributed by atoms with E-state index in [2.05, 4.69) is 20.7 Å². The van der Waals surface area contributed by atoms with E-state index in [0.717, 1.165) is 6.20 Å². The number of fused-ring (bicyclic) bond motifs is 1. The van der Waals surface area contributed by atoms with Crippen LogP contribution in [0.5, 0.6) is 0 Å². The largest absolute Gasteiger partial charge is 0.365 e. The van der Waals surface area contributed by atoms with Gasteiger partial charge < -0.3 is 15.5 Å². The first-order chi connectivity index (χ1) is 12.4. The molecule has 1 fully saturated rings. The first kappa shape index (κ1) is 16.4. The SMILES string of the molecule is O=C(Nc1ccncc1F)C1=CNC2C=CC(N3CCC(F)(F)C3)=NN12. The maximum Gasteiger partial charge on any atom is 0.275 e. The van der Waals surface area contributed by atoms with E-state index in [4.69, 9.17) is 0 Å². The first-order valence-corrected chi connectivity index (χ1v) is 7.99. The van der Waals surface area contributed by atoms with Crippen molar-refractivity contribution in [3.8, 4) is 0 Å². The van der Waals surface area contributed by atoms with Crippen LogP contribution in [-0.2, 0) is 4.79 Å². The van der Waals surface area contributed by atoms with Gasteiger partial charge in [0.2, 0.25) is 0 Å². The molecule has 3 aliphatic heterocycles. The molecule has 0 aromatic carbocycles. The van der Waals surface area contributed by atoms with Crippen molar-refractivity contribution in [2.45, 2.75) is 18.5 Å². The number of anilines is 1. The molecule has 7 nitrogen and oxygen atoms in total. The van der Waals surface area contributed by atoms with Gasteiger partial charge in [0.25, 0.3) is 11.8 Å². The lowest BCUT2D eigenvalue weighted by atomic mass is 10.3. The minimum atomic E-state index is -2.74. The average Bonchev–Trinajstić information content (AvgIpc) is 3.19. The lowest BCUT2D eigenvalue weighted by Gasteiger charge is -2.28. The third-order valence-electron chi connectivity index (χ3n) is 4.29. The quantitative estimate of drug-likeness (QED) is 0.831. The van der Waals surface area contributed by atoms with Gasteiger partial charge in [-0.05, 0) is 18.2 Å². The van der Waals surface area contributed by atoms with Crippen molar-refractivity contribution in [3.63, 3.8) is 0 Å². The van der Waals surface area contributed by atoms with Crippen LogP contribution in [0.2, 0.25) is 0 Å². The van der Waals surface area contributed by atoms with Crippen molar-refractivity contribution in [1.29, 1.82) is 0 Å². The number of amidine groups is 1.